The molecule has 0 saturated heterocycles. The number of unbranched alkanes of at least 4 members (excludes halogenated alkanes) is 2. The van der Waals surface area contributed by atoms with Crippen LogP contribution in [-0.2, 0) is 4.79 Å². The van der Waals surface area contributed by atoms with Gasteiger partial charge in [-0.15, -0.1) is 5.10 Å². The number of pyridine rings is 1. The van der Waals surface area contributed by atoms with Crippen LogP contribution in [0.3, 0.4) is 0 Å². The van der Waals surface area contributed by atoms with Gasteiger partial charge in [0.05, 0.1) is 16.9 Å². The Kier molecular flexibility index (Phi) is 5.75. The first-order valence-corrected chi connectivity index (χ1v) is 8.83. The predicted octanol–water partition coefficient (Wildman–Crippen LogP) is 2.50. The fraction of sp³-hybridized carbons (Fsp3) is 0.316. The molecule has 3 aromatic rings. The minimum Gasteiger partial charge on any atom is -0.481 e. The molecule has 0 fully saturated rings. The first kappa shape index (κ1) is 18.5. The predicted molar refractivity (Wildman–Crippen MR) is 99.8 cm³/mol. The van der Waals surface area contributed by atoms with Gasteiger partial charge in [-0.3, -0.25) is 14.6 Å². The third kappa shape index (κ3) is 4.46. The maximum absolute atomic E-state index is 12.3. The van der Waals surface area contributed by atoms with Gasteiger partial charge in [-0.1, -0.05) is 17.7 Å². The molecule has 2 N–H and O–H groups in total. The van der Waals surface area contributed by atoms with E-state index < -0.39 is 5.97 Å². The molecule has 27 heavy (non-hydrogen) atoms. The number of nitrogens with one attached hydrogen (secondary N) is 1. The summed E-state index contributed by atoms with van der Waals surface area (Å²) in [5.74, 6) is -1.07. The average molecular weight is 367 g/mol. The van der Waals surface area contributed by atoms with Gasteiger partial charge in [-0.2, -0.15) is 0 Å². The number of benzene rings is 1. The van der Waals surface area contributed by atoms with Gasteiger partial charge >= 0.3 is 5.97 Å². The molecule has 3 rings (SSSR count). The van der Waals surface area contributed by atoms with E-state index in [0.29, 0.717) is 18.7 Å². The lowest BCUT2D eigenvalue weighted by atomic mass is 10.2. The number of carboxylic acid groups (broad SMARTS) is 1. The summed E-state index contributed by atoms with van der Waals surface area (Å²) in [6.07, 6.45) is 3.99. The summed E-state index contributed by atoms with van der Waals surface area (Å²) in [6, 6.07) is 9.59. The number of carbonyl (C=O) groups is 2. The van der Waals surface area contributed by atoms with Crippen LogP contribution in [0.15, 0.2) is 36.5 Å². The molecule has 0 unspecified atom stereocenters. The van der Waals surface area contributed by atoms with Gasteiger partial charge in [0.15, 0.2) is 5.69 Å². The number of aliphatic carboxylic acids is 1. The maximum Gasteiger partial charge on any atom is 0.303 e. The number of carboxylic acids is 1. The molecular weight excluding hydrogens is 346 g/mol. The van der Waals surface area contributed by atoms with E-state index in [9.17, 15) is 9.59 Å². The Balaban J connectivity index is 1.63. The van der Waals surface area contributed by atoms with Gasteiger partial charge in [0.2, 0.25) is 0 Å². The van der Waals surface area contributed by atoms with E-state index in [1.807, 2.05) is 30.3 Å². The summed E-state index contributed by atoms with van der Waals surface area (Å²) in [4.78, 5) is 27.1. The van der Waals surface area contributed by atoms with Crippen LogP contribution in [0, 0.1) is 6.92 Å². The molecule has 0 bridgehead atoms. The topological polar surface area (TPSA) is 110 Å². The van der Waals surface area contributed by atoms with E-state index in [2.05, 4.69) is 20.6 Å². The number of fused-ring (bicyclic) bond motifs is 1. The first-order chi connectivity index (χ1) is 13.1. The summed E-state index contributed by atoms with van der Waals surface area (Å²) >= 11 is 0. The minimum atomic E-state index is -0.796. The molecule has 1 aromatic carbocycles. The van der Waals surface area contributed by atoms with Crippen LogP contribution < -0.4 is 5.32 Å². The zero-order chi connectivity index (χ0) is 19.2. The van der Waals surface area contributed by atoms with E-state index in [0.717, 1.165) is 29.4 Å². The lowest BCUT2D eigenvalue weighted by Crippen LogP contribution is -2.25. The summed E-state index contributed by atoms with van der Waals surface area (Å²) < 4.78 is 1.63. The van der Waals surface area contributed by atoms with Gasteiger partial charge in [0.25, 0.3) is 5.91 Å². The number of aromatic nitrogens is 4. The van der Waals surface area contributed by atoms with E-state index in [1.165, 1.54) is 0 Å². The lowest BCUT2D eigenvalue weighted by Gasteiger charge is -2.06. The largest absolute Gasteiger partial charge is 0.481 e. The zero-order valence-corrected chi connectivity index (χ0v) is 15.1. The van der Waals surface area contributed by atoms with Crippen LogP contribution >= 0.6 is 0 Å². The second-order valence-corrected chi connectivity index (χ2v) is 6.28. The Morgan fingerprint density at radius 1 is 1.19 bits per heavy atom. The van der Waals surface area contributed by atoms with Crippen LogP contribution in [0.25, 0.3) is 16.6 Å². The Morgan fingerprint density at radius 3 is 2.85 bits per heavy atom. The van der Waals surface area contributed by atoms with Crippen molar-refractivity contribution in [2.24, 2.45) is 0 Å². The normalized spacial score (nSPS) is 10.9. The fourth-order valence-corrected chi connectivity index (χ4v) is 2.84. The molecule has 2 heterocycles. The molecule has 0 aliphatic carbocycles. The monoisotopic (exact) mass is 367 g/mol. The molecule has 0 aliphatic rings. The molecule has 0 aliphatic heterocycles. The zero-order valence-electron chi connectivity index (χ0n) is 15.1. The second-order valence-electron chi connectivity index (χ2n) is 6.28. The number of hydrogen-bond acceptors (Lipinski definition) is 5. The quantitative estimate of drug-likeness (QED) is 0.592. The fourth-order valence-electron chi connectivity index (χ4n) is 2.84. The van der Waals surface area contributed by atoms with Crippen molar-refractivity contribution in [3.05, 3.63) is 47.9 Å². The Hall–Kier alpha value is -3.29. The van der Waals surface area contributed by atoms with Crippen molar-refractivity contribution >= 4 is 22.8 Å². The SMILES string of the molecule is Cc1c(C(=O)NCCCCCC(=O)O)nnn1-c1ccc2ncccc2c1. The van der Waals surface area contributed by atoms with Crippen molar-refractivity contribution in [2.75, 3.05) is 6.54 Å². The van der Waals surface area contributed by atoms with Crippen LogP contribution in [-0.4, -0.2) is 43.5 Å². The van der Waals surface area contributed by atoms with Crippen molar-refractivity contribution in [2.45, 2.75) is 32.6 Å². The van der Waals surface area contributed by atoms with Crippen molar-refractivity contribution in [3.8, 4) is 5.69 Å². The molecule has 2 aromatic heterocycles. The van der Waals surface area contributed by atoms with Gasteiger partial charge in [-0.05, 0) is 44.0 Å². The number of amides is 1. The van der Waals surface area contributed by atoms with Gasteiger partial charge in [0.1, 0.15) is 0 Å². The lowest BCUT2D eigenvalue weighted by molar-refractivity contribution is -0.137. The Labute approximate surface area is 156 Å². The second kappa shape index (κ2) is 8.39. The molecule has 8 nitrogen and oxygen atoms in total. The molecule has 0 saturated carbocycles. The average Bonchev–Trinajstić information content (AvgIpc) is 3.05. The molecular formula is C19H21N5O3. The van der Waals surface area contributed by atoms with E-state index in [-0.39, 0.29) is 18.0 Å². The number of hydrogen-bond donors (Lipinski definition) is 2. The van der Waals surface area contributed by atoms with Crippen molar-refractivity contribution in [3.63, 3.8) is 0 Å². The van der Waals surface area contributed by atoms with Crippen molar-refractivity contribution in [1.82, 2.24) is 25.3 Å². The van der Waals surface area contributed by atoms with Gasteiger partial charge in [-0.25, -0.2) is 4.68 Å². The molecule has 140 valence electrons. The van der Waals surface area contributed by atoms with Crippen LogP contribution in [0.1, 0.15) is 41.9 Å². The number of rotatable bonds is 8. The standard InChI is InChI=1S/C19H21N5O3/c1-13-18(19(27)21-10-4-2-3-7-17(25)26)22-23-24(13)15-8-9-16-14(12-15)6-5-11-20-16/h5-6,8-9,11-12H,2-4,7,10H2,1H3,(H,21,27)(H,25,26). The van der Waals surface area contributed by atoms with Crippen LogP contribution in [0.4, 0.5) is 0 Å². The van der Waals surface area contributed by atoms with E-state index in [1.54, 1.807) is 17.8 Å². The molecule has 8 heteroatoms. The Bertz CT molecular complexity index is 967. The summed E-state index contributed by atoms with van der Waals surface area (Å²) in [7, 11) is 0. The summed E-state index contributed by atoms with van der Waals surface area (Å²) in [6.45, 7) is 2.28. The number of nitrogens with zero attached hydrogens (tertiary/aromatic N) is 4. The first-order valence-electron chi connectivity index (χ1n) is 8.83. The minimum absolute atomic E-state index is 0.155. The Morgan fingerprint density at radius 2 is 2.04 bits per heavy atom. The third-order valence-electron chi connectivity index (χ3n) is 4.29. The van der Waals surface area contributed by atoms with Crippen LogP contribution in [0.5, 0.6) is 0 Å². The third-order valence-corrected chi connectivity index (χ3v) is 4.29. The van der Waals surface area contributed by atoms with E-state index >= 15 is 0 Å². The maximum atomic E-state index is 12.3. The highest BCUT2D eigenvalue weighted by molar-refractivity contribution is 5.93. The highest BCUT2D eigenvalue weighted by Crippen LogP contribution is 2.18. The van der Waals surface area contributed by atoms with Crippen molar-refractivity contribution < 1.29 is 14.7 Å². The van der Waals surface area contributed by atoms with Crippen LogP contribution in [0.2, 0.25) is 0 Å². The summed E-state index contributed by atoms with van der Waals surface area (Å²) in [5.41, 5.74) is 2.64. The molecule has 1 amide bonds. The molecule has 0 atom stereocenters. The molecule has 0 radical (unpaired) electrons. The van der Waals surface area contributed by atoms with Gasteiger partial charge in [0, 0.05) is 24.5 Å². The highest BCUT2D eigenvalue weighted by Gasteiger charge is 2.17. The summed E-state index contributed by atoms with van der Waals surface area (Å²) in [5, 5.41) is 20.5. The highest BCUT2D eigenvalue weighted by atomic mass is 16.4. The smallest absolute Gasteiger partial charge is 0.303 e. The number of carbonyl (C=O) groups excluding carboxylic acids is 1. The van der Waals surface area contributed by atoms with Crippen molar-refractivity contribution in [1.29, 1.82) is 0 Å². The molecule has 0 spiro atoms. The van der Waals surface area contributed by atoms with Gasteiger partial charge < -0.3 is 10.4 Å². The van der Waals surface area contributed by atoms with E-state index in [4.69, 9.17) is 5.11 Å².